The van der Waals surface area contributed by atoms with Crippen LogP contribution in [0.5, 0.6) is 5.75 Å². The fourth-order valence-electron chi connectivity index (χ4n) is 3.39. The van der Waals surface area contributed by atoms with Crippen molar-refractivity contribution in [1.29, 1.82) is 0 Å². The second kappa shape index (κ2) is 8.64. The second-order valence-electron chi connectivity index (χ2n) is 7.07. The van der Waals surface area contributed by atoms with Gasteiger partial charge in [0.2, 0.25) is 0 Å². The van der Waals surface area contributed by atoms with Crippen LogP contribution in [0.15, 0.2) is 73.1 Å². The number of carbonyl (C=O) groups is 1. The van der Waals surface area contributed by atoms with Gasteiger partial charge in [0.1, 0.15) is 16.4 Å². The summed E-state index contributed by atoms with van der Waals surface area (Å²) in [6, 6.07) is 18.7. The van der Waals surface area contributed by atoms with E-state index in [0.717, 1.165) is 22.0 Å². The Balaban J connectivity index is 1.64. The third kappa shape index (κ3) is 4.09. The molecule has 9 heteroatoms. The van der Waals surface area contributed by atoms with Gasteiger partial charge in [-0.05, 0) is 30.3 Å². The van der Waals surface area contributed by atoms with Crippen molar-refractivity contribution in [3.8, 4) is 28.4 Å². The van der Waals surface area contributed by atoms with Crippen molar-refractivity contribution in [3.05, 3.63) is 77.9 Å². The Morgan fingerprint density at radius 1 is 1.00 bits per heavy atom. The van der Waals surface area contributed by atoms with E-state index in [1.54, 1.807) is 19.5 Å². The van der Waals surface area contributed by atoms with E-state index in [-0.39, 0.29) is 0 Å². The SMILES string of the molecule is COc1ccc2nc(-c3cccnc3)nc(Nc3nc(-c4ccccc4)c(C(N)=O)s3)c2c1. The van der Waals surface area contributed by atoms with E-state index in [1.165, 1.54) is 11.3 Å². The van der Waals surface area contributed by atoms with Gasteiger partial charge in [0.05, 0.1) is 18.3 Å². The number of pyridine rings is 1. The van der Waals surface area contributed by atoms with Gasteiger partial charge in [-0.3, -0.25) is 9.78 Å². The maximum atomic E-state index is 12.1. The van der Waals surface area contributed by atoms with Gasteiger partial charge in [-0.15, -0.1) is 0 Å². The highest BCUT2D eigenvalue weighted by Gasteiger charge is 2.19. The van der Waals surface area contributed by atoms with E-state index in [9.17, 15) is 4.79 Å². The number of anilines is 2. The third-order valence-electron chi connectivity index (χ3n) is 4.95. The molecule has 0 aliphatic carbocycles. The summed E-state index contributed by atoms with van der Waals surface area (Å²) in [6.07, 6.45) is 3.40. The average molecular weight is 455 g/mol. The van der Waals surface area contributed by atoms with Gasteiger partial charge in [-0.25, -0.2) is 15.0 Å². The van der Waals surface area contributed by atoms with Gasteiger partial charge in [-0.2, -0.15) is 0 Å². The Labute approximate surface area is 193 Å². The number of rotatable bonds is 6. The molecule has 0 radical (unpaired) electrons. The Kier molecular flexibility index (Phi) is 5.37. The van der Waals surface area contributed by atoms with Crippen LogP contribution in [0.4, 0.5) is 10.9 Å². The minimum atomic E-state index is -0.537. The van der Waals surface area contributed by atoms with E-state index in [4.69, 9.17) is 15.5 Å². The van der Waals surface area contributed by atoms with E-state index < -0.39 is 5.91 Å². The molecule has 3 N–H and O–H groups in total. The molecule has 3 aromatic heterocycles. The number of benzene rings is 2. The monoisotopic (exact) mass is 454 g/mol. The number of aromatic nitrogens is 4. The van der Waals surface area contributed by atoms with Gasteiger partial charge in [0.25, 0.3) is 5.91 Å². The van der Waals surface area contributed by atoms with Crippen LogP contribution in [0.2, 0.25) is 0 Å². The van der Waals surface area contributed by atoms with Gasteiger partial charge >= 0.3 is 0 Å². The van der Waals surface area contributed by atoms with Crippen molar-refractivity contribution >= 4 is 39.1 Å². The van der Waals surface area contributed by atoms with Crippen molar-refractivity contribution in [3.63, 3.8) is 0 Å². The van der Waals surface area contributed by atoms with Gasteiger partial charge in [-0.1, -0.05) is 41.7 Å². The summed E-state index contributed by atoms with van der Waals surface area (Å²) in [6.45, 7) is 0. The molecule has 0 bridgehead atoms. The highest BCUT2D eigenvalue weighted by atomic mass is 32.1. The first-order valence-electron chi connectivity index (χ1n) is 10.0. The zero-order valence-corrected chi connectivity index (χ0v) is 18.3. The number of ether oxygens (including phenoxy) is 1. The normalized spacial score (nSPS) is 10.8. The second-order valence-corrected chi connectivity index (χ2v) is 8.07. The first-order chi connectivity index (χ1) is 16.1. The fraction of sp³-hybridized carbons (Fsp3) is 0.0417. The molecule has 0 aliphatic rings. The van der Waals surface area contributed by atoms with E-state index in [0.29, 0.717) is 33.1 Å². The molecule has 162 valence electrons. The van der Waals surface area contributed by atoms with Crippen molar-refractivity contribution < 1.29 is 9.53 Å². The predicted octanol–water partition coefficient (Wildman–Crippen LogP) is 4.67. The van der Waals surface area contributed by atoms with E-state index in [2.05, 4.69) is 20.3 Å². The molecule has 0 fully saturated rings. The Morgan fingerprint density at radius 3 is 2.55 bits per heavy atom. The molecule has 5 rings (SSSR count). The lowest BCUT2D eigenvalue weighted by Crippen LogP contribution is -2.10. The highest BCUT2D eigenvalue weighted by molar-refractivity contribution is 7.18. The zero-order chi connectivity index (χ0) is 22.8. The molecule has 33 heavy (non-hydrogen) atoms. The fourth-order valence-corrected chi connectivity index (χ4v) is 4.23. The minimum Gasteiger partial charge on any atom is -0.497 e. The van der Waals surface area contributed by atoms with Crippen LogP contribution in [0.25, 0.3) is 33.5 Å². The number of nitrogens with one attached hydrogen (secondary N) is 1. The summed E-state index contributed by atoms with van der Waals surface area (Å²) < 4.78 is 5.39. The molecule has 1 amide bonds. The van der Waals surface area contributed by atoms with Crippen molar-refractivity contribution in [1.82, 2.24) is 19.9 Å². The van der Waals surface area contributed by atoms with Crippen molar-refractivity contribution in [2.75, 3.05) is 12.4 Å². The molecular formula is C24H18N6O2S. The smallest absolute Gasteiger partial charge is 0.261 e. The minimum absolute atomic E-state index is 0.368. The van der Waals surface area contributed by atoms with Crippen LogP contribution in [0.3, 0.4) is 0 Å². The van der Waals surface area contributed by atoms with Crippen LogP contribution >= 0.6 is 11.3 Å². The molecular weight excluding hydrogens is 436 g/mol. The highest BCUT2D eigenvalue weighted by Crippen LogP contribution is 2.35. The molecule has 3 heterocycles. The first kappa shape index (κ1) is 20.5. The molecule has 0 spiro atoms. The van der Waals surface area contributed by atoms with Crippen molar-refractivity contribution in [2.24, 2.45) is 5.73 Å². The summed E-state index contributed by atoms with van der Waals surface area (Å²) in [5.74, 6) is 1.18. The third-order valence-corrected chi connectivity index (χ3v) is 5.93. The van der Waals surface area contributed by atoms with Crippen LogP contribution in [-0.2, 0) is 0 Å². The van der Waals surface area contributed by atoms with Crippen LogP contribution in [0, 0.1) is 0 Å². The number of hydrogen-bond donors (Lipinski definition) is 2. The van der Waals surface area contributed by atoms with Crippen molar-refractivity contribution in [2.45, 2.75) is 0 Å². The Bertz CT molecular complexity index is 1450. The molecule has 0 saturated heterocycles. The number of carbonyl (C=O) groups excluding carboxylic acids is 1. The summed E-state index contributed by atoms with van der Waals surface area (Å²) >= 11 is 1.18. The molecule has 0 aliphatic heterocycles. The Morgan fingerprint density at radius 2 is 1.82 bits per heavy atom. The number of fused-ring (bicyclic) bond motifs is 1. The zero-order valence-electron chi connectivity index (χ0n) is 17.5. The topological polar surface area (TPSA) is 116 Å². The number of hydrogen-bond acceptors (Lipinski definition) is 8. The van der Waals surface area contributed by atoms with Crippen LogP contribution in [0.1, 0.15) is 9.67 Å². The lowest BCUT2D eigenvalue weighted by Gasteiger charge is -2.10. The molecule has 2 aromatic carbocycles. The van der Waals surface area contributed by atoms with Gasteiger partial charge < -0.3 is 15.8 Å². The number of amides is 1. The summed E-state index contributed by atoms with van der Waals surface area (Å²) in [5.41, 5.74) is 8.48. The van der Waals surface area contributed by atoms with E-state index in [1.807, 2.05) is 60.7 Å². The maximum Gasteiger partial charge on any atom is 0.261 e. The van der Waals surface area contributed by atoms with Crippen LogP contribution in [-0.4, -0.2) is 33.0 Å². The summed E-state index contributed by atoms with van der Waals surface area (Å²) in [4.78, 5) is 30.7. The maximum absolute atomic E-state index is 12.1. The number of methoxy groups -OCH3 is 1. The predicted molar refractivity (Wildman–Crippen MR) is 129 cm³/mol. The number of nitrogens with two attached hydrogens (primary N) is 1. The number of nitrogens with zero attached hydrogens (tertiary/aromatic N) is 4. The largest absolute Gasteiger partial charge is 0.497 e. The molecule has 0 atom stereocenters. The quantitative estimate of drug-likeness (QED) is 0.383. The average Bonchev–Trinajstić information content (AvgIpc) is 3.29. The first-order valence-corrected chi connectivity index (χ1v) is 10.8. The molecule has 0 unspecified atom stereocenters. The van der Waals surface area contributed by atoms with E-state index >= 15 is 0 Å². The molecule has 0 saturated carbocycles. The van der Waals surface area contributed by atoms with Gasteiger partial charge in [0.15, 0.2) is 11.0 Å². The van der Waals surface area contributed by atoms with Gasteiger partial charge in [0, 0.05) is 28.9 Å². The summed E-state index contributed by atoms with van der Waals surface area (Å²) in [5, 5.41) is 4.50. The number of primary amides is 1. The summed E-state index contributed by atoms with van der Waals surface area (Å²) in [7, 11) is 1.60. The Hall–Kier alpha value is -4.37. The molecule has 5 aromatic rings. The molecule has 8 nitrogen and oxygen atoms in total. The lowest BCUT2D eigenvalue weighted by atomic mass is 10.1. The standard InChI is InChI=1S/C24H18N6O2S/c1-32-16-9-10-18-17(12-16)23(29-22(27-18)15-8-5-11-26-13-15)30-24-28-19(20(33-24)21(25)31)14-6-3-2-4-7-14/h2-13H,1H3,(H2,25,31)(H,27,28,29,30). The number of thiazole rings is 1. The van der Waals surface area contributed by atoms with Crippen LogP contribution < -0.4 is 15.8 Å². The lowest BCUT2D eigenvalue weighted by molar-refractivity contribution is 0.100.